The molecule has 7 heteroatoms. The van der Waals surface area contributed by atoms with Crippen molar-refractivity contribution < 1.29 is 4.74 Å². The van der Waals surface area contributed by atoms with Crippen molar-refractivity contribution in [1.29, 1.82) is 0 Å². The fraction of sp³-hybridized carbons (Fsp3) is 0.556. The smallest absolute Gasteiger partial charge is 0.147 e. The van der Waals surface area contributed by atoms with Crippen LogP contribution in [-0.4, -0.2) is 46.4 Å². The van der Waals surface area contributed by atoms with Crippen LogP contribution in [0.5, 0.6) is 5.75 Å². The highest BCUT2D eigenvalue weighted by Crippen LogP contribution is 2.28. The van der Waals surface area contributed by atoms with E-state index in [2.05, 4.69) is 43.2 Å². The summed E-state index contributed by atoms with van der Waals surface area (Å²) < 4.78 is 7.65. The molecule has 1 N–H and O–H groups in total. The molecule has 0 radical (unpaired) electrons. The van der Waals surface area contributed by atoms with Crippen molar-refractivity contribution >= 4 is 12.4 Å². The van der Waals surface area contributed by atoms with Crippen molar-refractivity contribution in [1.82, 2.24) is 25.0 Å². The largest absolute Gasteiger partial charge is 0.497 e. The van der Waals surface area contributed by atoms with Crippen LogP contribution < -0.4 is 10.1 Å². The van der Waals surface area contributed by atoms with E-state index in [4.69, 9.17) is 4.74 Å². The van der Waals surface area contributed by atoms with Gasteiger partial charge >= 0.3 is 0 Å². The average Bonchev–Trinajstić information content (AvgIpc) is 3.07. The molecule has 6 nitrogen and oxygen atoms in total. The number of piperidine rings is 1. The van der Waals surface area contributed by atoms with Gasteiger partial charge in [0, 0.05) is 25.6 Å². The average molecular weight is 364 g/mol. The first kappa shape index (κ1) is 18.2. The van der Waals surface area contributed by atoms with E-state index in [0.717, 1.165) is 63.7 Å². The normalized spacial score (nSPS) is 18.4. The number of ether oxygens (including phenoxy) is 1. The van der Waals surface area contributed by atoms with E-state index >= 15 is 0 Å². The molecule has 0 amide bonds. The Morgan fingerprint density at radius 1 is 1.20 bits per heavy atom. The van der Waals surface area contributed by atoms with Crippen LogP contribution in [0.2, 0.25) is 0 Å². The minimum atomic E-state index is 0. The van der Waals surface area contributed by atoms with Gasteiger partial charge in [0.1, 0.15) is 17.4 Å². The highest BCUT2D eigenvalue weighted by Gasteiger charge is 2.26. The predicted molar refractivity (Wildman–Crippen MR) is 99.2 cm³/mol. The van der Waals surface area contributed by atoms with Gasteiger partial charge in [-0.25, -0.2) is 0 Å². The Kier molecular flexibility index (Phi) is 5.93. The fourth-order valence-corrected chi connectivity index (χ4v) is 3.79. The van der Waals surface area contributed by atoms with Gasteiger partial charge in [-0.2, -0.15) is 0 Å². The van der Waals surface area contributed by atoms with E-state index in [1.165, 1.54) is 11.4 Å². The summed E-state index contributed by atoms with van der Waals surface area (Å²) in [6.07, 6.45) is 2.32. The van der Waals surface area contributed by atoms with Gasteiger partial charge in [0.15, 0.2) is 0 Å². The summed E-state index contributed by atoms with van der Waals surface area (Å²) in [6, 6.07) is 8.38. The van der Waals surface area contributed by atoms with Gasteiger partial charge in [0.2, 0.25) is 0 Å². The fourth-order valence-electron chi connectivity index (χ4n) is 3.79. The van der Waals surface area contributed by atoms with Crippen LogP contribution in [0.25, 0.3) is 0 Å². The van der Waals surface area contributed by atoms with E-state index < -0.39 is 0 Å². The molecule has 1 aromatic carbocycles. The molecule has 2 aliphatic rings. The standard InChI is InChI=1S/C18H25N5O.ClH/c1-24-16-4-2-3-14(11-16)13-22-8-5-15(6-9-22)18-21-20-17-12-19-7-10-23(17)18;/h2-4,11,15,19H,5-10,12-13H2,1H3;1H. The Morgan fingerprint density at radius 3 is 2.84 bits per heavy atom. The van der Waals surface area contributed by atoms with Gasteiger partial charge < -0.3 is 14.6 Å². The number of hydrogen-bond donors (Lipinski definition) is 1. The molecule has 0 bridgehead atoms. The number of hydrogen-bond acceptors (Lipinski definition) is 5. The molecule has 0 saturated carbocycles. The number of aromatic nitrogens is 3. The van der Waals surface area contributed by atoms with Crippen LogP contribution in [0.15, 0.2) is 24.3 Å². The lowest BCUT2D eigenvalue weighted by atomic mass is 9.95. The number of rotatable bonds is 4. The molecular weight excluding hydrogens is 338 g/mol. The highest BCUT2D eigenvalue weighted by molar-refractivity contribution is 5.85. The zero-order valence-corrected chi connectivity index (χ0v) is 15.5. The maximum absolute atomic E-state index is 5.32. The zero-order chi connectivity index (χ0) is 16.4. The third-order valence-electron chi connectivity index (χ3n) is 5.14. The summed E-state index contributed by atoms with van der Waals surface area (Å²) in [5.41, 5.74) is 1.32. The van der Waals surface area contributed by atoms with Crippen molar-refractivity contribution in [2.75, 3.05) is 26.7 Å². The summed E-state index contributed by atoms with van der Waals surface area (Å²) in [5, 5.41) is 12.2. The van der Waals surface area contributed by atoms with Crippen LogP contribution in [0.4, 0.5) is 0 Å². The summed E-state index contributed by atoms with van der Waals surface area (Å²) in [4.78, 5) is 2.53. The molecule has 1 saturated heterocycles. The molecule has 25 heavy (non-hydrogen) atoms. The lowest BCUT2D eigenvalue weighted by Gasteiger charge is -2.32. The molecule has 2 aliphatic heterocycles. The number of likely N-dealkylation sites (tertiary alicyclic amines) is 1. The second kappa shape index (κ2) is 8.17. The summed E-state index contributed by atoms with van der Waals surface area (Å²) in [5.74, 6) is 3.78. The van der Waals surface area contributed by atoms with Gasteiger partial charge in [0.05, 0.1) is 13.7 Å². The quantitative estimate of drug-likeness (QED) is 0.902. The molecule has 1 aromatic heterocycles. The predicted octanol–water partition coefficient (Wildman–Crippen LogP) is 2.19. The maximum atomic E-state index is 5.32. The van der Waals surface area contributed by atoms with E-state index in [1.807, 2.05) is 6.07 Å². The maximum Gasteiger partial charge on any atom is 0.147 e. The number of fused-ring (bicyclic) bond motifs is 1. The Labute approximate surface area is 155 Å². The van der Waals surface area contributed by atoms with Gasteiger partial charge in [-0.05, 0) is 43.6 Å². The lowest BCUT2D eigenvalue weighted by molar-refractivity contribution is 0.199. The minimum absolute atomic E-state index is 0. The Morgan fingerprint density at radius 2 is 2.04 bits per heavy atom. The van der Waals surface area contributed by atoms with E-state index in [9.17, 15) is 0 Å². The summed E-state index contributed by atoms with van der Waals surface area (Å²) in [7, 11) is 1.72. The van der Waals surface area contributed by atoms with Gasteiger partial charge in [-0.1, -0.05) is 12.1 Å². The molecule has 3 heterocycles. The molecule has 0 unspecified atom stereocenters. The monoisotopic (exact) mass is 363 g/mol. The first-order valence-corrected chi connectivity index (χ1v) is 8.81. The number of methoxy groups -OCH3 is 1. The van der Waals surface area contributed by atoms with Crippen LogP contribution in [0, 0.1) is 0 Å². The molecule has 0 aliphatic carbocycles. The molecule has 136 valence electrons. The van der Waals surface area contributed by atoms with E-state index in [1.54, 1.807) is 7.11 Å². The second-order valence-corrected chi connectivity index (χ2v) is 6.70. The summed E-state index contributed by atoms with van der Waals surface area (Å²) >= 11 is 0. The van der Waals surface area contributed by atoms with E-state index in [0.29, 0.717) is 5.92 Å². The number of benzene rings is 1. The lowest BCUT2D eigenvalue weighted by Crippen LogP contribution is -2.34. The van der Waals surface area contributed by atoms with Crippen molar-refractivity contribution in [3.8, 4) is 5.75 Å². The highest BCUT2D eigenvalue weighted by atomic mass is 35.5. The Balaban J connectivity index is 0.00000182. The third kappa shape index (κ3) is 3.97. The zero-order valence-electron chi connectivity index (χ0n) is 14.6. The first-order chi connectivity index (χ1) is 11.8. The number of nitrogens with zero attached hydrogens (tertiary/aromatic N) is 4. The minimum Gasteiger partial charge on any atom is -0.497 e. The van der Waals surface area contributed by atoms with Crippen LogP contribution in [0.1, 0.15) is 36.0 Å². The number of halogens is 1. The Bertz CT molecular complexity index is 697. The third-order valence-corrected chi connectivity index (χ3v) is 5.14. The Hall–Kier alpha value is -1.63. The number of nitrogens with one attached hydrogen (secondary N) is 1. The van der Waals surface area contributed by atoms with Crippen molar-refractivity contribution in [3.63, 3.8) is 0 Å². The second-order valence-electron chi connectivity index (χ2n) is 6.70. The SMILES string of the molecule is COc1cccc(CN2CCC(c3nnc4n3CCNC4)CC2)c1.Cl. The van der Waals surface area contributed by atoms with Gasteiger partial charge in [-0.15, -0.1) is 22.6 Å². The van der Waals surface area contributed by atoms with Crippen LogP contribution >= 0.6 is 12.4 Å². The first-order valence-electron chi connectivity index (χ1n) is 8.81. The van der Waals surface area contributed by atoms with Crippen molar-refractivity contribution in [2.24, 2.45) is 0 Å². The molecule has 4 rings (SSSR count). The van der Waals surface area contributed by atoms with Crippen LogP contribution in [-0.2, 0) is 19.6 Å². The van der Waals surface area contributed by atoms with Gasteiger partial charge in [0.25, 0.3) is 0 Å². The summed E-state index contributed by atoms with van der Waals surface area (Å²) in [6.45, 7) is 6.09. The molecule has 0 atom stereocenters. The van der Waals surface area contributed by atoms with Gasteiger partial charge in [-0.3, -0.25) is 4.90 Å². The van der Waals surface area contributed by atoms with Crippen LogP contribution in [0.3, 0.4) is 0 Å². The molecule has 2 aromatic rings. The molecule has 0 spiro atoms. The molecule has 1 fully saturated rings. The van der Waals surface area contributed by atoms with Crippen molar-refractivity contribution in [2.45, 2.75) is 38.4 Å². The van der Waals surface area contributed by atoms with E-state index in [-0.39, 0.29) is 12.4 Å². The molecular formula is C18H26ClN5O. The topological polar surface area (TPSA) is 55.2 Å². The van der Waals surface area contributed by atoms with Crippen molar-refractivity contribution in [3.05, 3.63) is 41.5 Å².